The average Bonchev–Trinajstić information content (AvgIpc) is 2.93. The Morgan fingerprint density at radius 3 is 2.95 bits per heavy atom. The van der Waals surface area contributed by atoms with E-state index < -0.39 is 0 Å². The van der Waals surface area contributed by atoms with E-state index in [2.05, 4.69) is 18.3 Å². The Morgan fingerprint density at radius 2 is 2.26 bits per heavy atom. The molecule has 1 saturated heterocycles. The van der Waals surface area contributed by atoms with Crippen LogP contribution in [0.2, 0.25) is 10.0 Å². The quantitative estimate of drug-likeness (QED) is 0.859. The SMILES string of the molecule is CCCNC(Cc1cccc(Cl)c1Cl)C1CCOC1. The van der Waals surface area contributed by atoms with Crippen molar-refractivity contribution in [2.24, 2.45) is 5.92 Å². The number of hydrogen-bond donors (Lipinski definition) is 1. The van der Waals surface area contributed by atoms with Crippen LogP contribution in [0.15, 0.2) is 18.2 Å². The third-order valence-corrected chi connectivity index (χ3v) is 4.52. The van der Waals surface area contributed by atoms with E-state index in [1.165, 1.54) is 0 Å². The molecule has 1 N–H and O–H groups in total. The van der Waals surface area contributed by atoms with Gasteiger partial charge in [-0.15, -0.1) is 0 Å². The maximum Gasteiger partial charge on any atom is 0.0624 e. The second kappa shape index (κ2) is 7.49. The van der Waals surface area contributed by atoms with Gasteiger partial charge in [0.15, 0.2) is 0 Å². The van der Waals surface area contributed by atoms with E-state index in [1.54, 1.807) is 0 Å². The highest BCUT2D eigenvalue weighted by Crippen LogP contribution is 2.28. The van der Waals surface area contributed by atoms with E-state index in [4.69, 9.17) is 27.9 Å². The van der Waals surface area contributed by atoms with Crippen molar-refractivity contribution in [3.05, 3.63) is 33.8 Å². The van der Waals surface area contributed by atoms with Crippen molar-refractivity contribution in [2.45, 2.75) is 32.2 Å². The molecule has 4 heteroatoms. The molecule has 1 aliphatic heterocycles. The van der Waals surface area contributed by atoms with Crippen molar-refractivity contribution in [3.63, 3.8) is 0 Å². The van der Waals surface area contributed by atoms with Crippen LogP contribution < -0.4 is 5.32 Å². The summed E-state index contributed by atoms with van der Waals surface area (Å²) in [4.78, 5) is 0. The van der Waals surface area contributed by atoms with Gasteiger partial charge in [-0.25, -0.2) is 0 Å². The van der Waals surface area contributed by atoms with Crippen LogP contribution in [0.5, 0.6) is 0 Å². The highest BCUT2D eigenvalue weighted by Gasteiger charge is 2.26. The number of rotatable bonds is 6. The Bertz CT molecular complexity index is 405. The van der Waals surface area contributed by atoms with Gasteiger partial charge in [-0.05, 0) is 37.4 Å². The van der Waals surface area contributed by atoms with Crippen LogP contribution in [0.3, 0.4) is 0 Å². The van der Waals surface area contributed by atoms with Gasteiger partial charge in [-0.1, -0.05) is 42.3 Å². The summed E-state index contributed by atoms with van der Waals surface area (Å²) in [5.41, 5.74) is 1.12. The molecular weight excluding hydrogens is 281 g/mol. The summed E-state index contributed by atoms with van der Waals surface area (Å²) in [7, 11) is 0. The molecule has 106 valence electrons. The molecule has 0 radical (unpaired) electrons. The average molecular weight is 302 g/mol. The van der Waals surface area contributed by atoms with Gasteiger partial charge in [-0.3, -0.25) is 0 Å². The second-order valence-electron chi connectivity index (χ2n) is 5.10. The molecule has 0 aliphatic carbocycles. The summed E-state index contributed by atoms with van der Waals surface area (Å²) < 4.78 is 5.51. The van der Waals surface area contributed by atoms with Crippen molar-refractivity contribution in [1.29, 1.82) is 0 Å². The van der Waals surface area contributed by atoms with Gasteiger partial charge in [0.2, 0.25) is 0 Å². The minimum absolute atomic E-state index is 0.415. The topological polar surface area (TPSA) is 21.3 Å². The zero-order chi connectivity index (χ0) is 13.7. The van der Waals surface area contributed by atoms with Crippen LogP contribution in [-0.2, 0) is 11.2 Å². The normalized spacial score (nSPS) is 20.7. The number of halogens is 2. The van der Waals surface area contributed by atoms with Crippen molar-refractivity contribution < 1.29 is 4.74 Å². The molecule has 1 aliphatic rings. The zero-order valence-electron chi connectivity index (χ0n) is 11.3. The van der Waals surface area contributed by atoms with E-state index in [0.29, 0.717) is 22.0 Å². The molecule has 0 spiro atoms. The van der Waals surface area contributed by atoms with Gasteiger partial charge >= 0.3 is 0 Å². The lowest BCUT2D eigenvalue weighted by Crippen LogP contribution is -2.39. The monoisotopic (exact) mass is 301 g/mol. The second-order valence-corrected chi connectivity index (χ2v) is 5.89. The summed E-state index contributed by atoms with van der Waals surface area (Å²) in [5, 5.41) is 4.95. The summed E-state index contributed by atoms with van der Waals surface area (Å²) in [6.45, 7) is 4.93. The van der Waals surface area contributed by atoms with E-state index >= 15 is 0 Å². The fraction of sp³-hybridized carbons (Fsp3) is 0.600. The molecule has 2 atom stereocenters. The first-order chi connectivity index (χ1) is 9.22. The Labute approximate surface area is 125 Å². The third-order valence-electron chi connectivity index (χ3n) is 3.66. The van der Waals surface area contributed by atoms with Crippen LogP contribution in [0.25, 0.3) is 0 Å². The van der Waals surface area contributed by atoms with Crippen molar-refractivity contribution in [3.8, 4) is 0 Å². The first kappa shape index (κ1) is 15.1. The number of ether oxygens (including phenoxy) is 1. The van der Waals surface area contributed by atoms with Crippen molar-refractivity contribution >= 4 is 23.2 Å². The van der Waals surface area contributed by atoms with Crippen molar-refractivity contribution in [2.75, 3.05) is 19.8 Å². The molecule has 1 fully saturated rings. The Hall–Kier alpha value is -0.280. The van der Waals surface area contributed by atoms with Gasteiger partial charge in [0.25, 0.3) is 0 Å². The van der Waals surface area contributed by atoms with E-state index in [1.807, 2.05) is 12.1 Å². The Morgan fingerprint density at radius 1 is 1.42 bits per heavy atom. The predicted molar refractivity (Wildman–Crippen MR) is 81.2 cm³/mol. The fourth-order valence-electron chi connectivity index (χ4n) is 2.55. The molecule has 19 heavy (non-hydrogen) atoms. The first-order valence-electron chi connectivity index (χ1n) is 6.96. The minimum atomic E-state index is 0.415. The van der Waals surface area contributed by atoms with Gasteiger partial charge in [0, 0.05) is 18.6 Å². The molecule has 2 unspecified atom stereocenters. The Kier molecular flexibility index (Phi) is 5.96. The summed E-state index contributed by atoms with van der Waals surface area (Å²) in [5.74, 6) is 0.571. The molecule has 1 aromatic carbocycles. The summed E-state index contributed by atoms with van der Waals surface area (Å²) in [6, 6.07) is 6.27. The predicted octanol–water partition coefficient (Wildman–Crippen LogP) is 3.94. The lowest BCUT2D eigenvalue weighted by atomic mass is 9.92. The summed E-state index contributed by atoms with van der Waals surface area (Å²) >= 11 is 12.4. The van der Waals surface area contributed by atoms with E-state index in [0.717, 1.165) is 44.6 Å². The number of nitrogens with one attached hydrogen (secondary N) is 1. The summed E-state index contributed by atoms with van der Waals surface area (Å²) in [6.07, 6.45) is 3.17. The number of hydrogen-bond acceptors (Lipinski definition) is 2. The molecule has 0 bridgehead atoms. The van der Waals surface area contributed by atoms with Gasteiger partial charge in [0.1, 0.15) is 0 Å². The van der Waals surface area contributed by atoms with Crippen LogP contribution in [0.4, 0.5) is 0 Å². The molecule has 1 aromatic rings. The Balaban J connectivity index is 2.07. The first-order valence-corrected chi connectivity index (χ1v) is 7.72. The smallest absolute Gasteiger partial charge is 0.0624 e. The molecule has 1 heterocycles. The molecule has 2 rings (SSSR count). The van der Waals surface area contributed by atoms with Crippen LogP contribution >= 0.6 is 23.2 Å². The fourth-order valence-corrected chi connectivity index (χ4v) is 2.95. The highest BCUT2D eigenvalue weighted by atomic mass is 35.5. The van der Waals surface area contributed by atoms with Crippen LogP contribution in [-0.4, -0.2) is 25.8 Å². The molecule has 2 nitrogen and oxygen atoms in total. The zero-order valence-corrected chi connectivity index (χ0v) is 12.8. The van der Waals surface area contributed by atoms with Crippen LogP contribution in [0.1, 0.15) is 25.3 Å². The van der Waals surface area contributed by atoms with Gasteiger partial charge in [-0.2, -0.15) is 0 Å². The van der Waals surface area contributed by atoms with Crippen LogP contribution in [0, 0.1) is 5.92 Å². The highest BCUT2D eigenvalue weighted by molar-refractivity contribution is 6.42. The van der Waals surface area contributed by atoms with Crippen molar-refractivity contribution in [1.82, 2.24) is 5.32 Å². The van der Waals surface area contributed by atoms with Gasteiger partial charge < -0.3 is 10.1 Å². The standard InChI is InChI=1S/C15H21Cl2NO/c1-2-7-18-14(12-6-8-19-10-12)9-11-4-3-5-13(16)15(11)17/h3-5,12,14,18H,2,6-10H2,1H3. The molecule has 0 amide bonds. The molecular formula is C15H21Cl2NO. The number of benzene rings is 1. The van der Waals surface area contributed by atoms with E-state index in [-0.39, 0.29) is 0 Å². The maximum absolute atomic E-state index is 6.29. The minimum Gasteiger partial charge on any atom is -0.381 e. The van der Waals surface area contributed by atoms with Gasteiger partial charge in [0.05, 0.1) is 16.7 Å². The maximum atomic E-state index is 6.29. The molecule has 0 aromatic heterocycles. The lowest BCUT2D eigenvalue weighted by molar-refractivity contribution is 0.176. The lowest BCUT2D eigenvalue weighted by Gasteiger charge is -2.24. The van der Waals surface area contributed by atoms with E-state index in [9.17, 15) is 0 Å². The third kappa shape index (κ3) is 4.09. The largest absolute Gasteiger partial charge is 0.381 e. The molecule has 0 saturated carbocycles.